The minimum atomic E-state index is -0.494. The van der Waals surface area contributed by atoms with Crippen LogP contribution < -0.4 is 10.9 Å². The molecule has 0 aliphatic rings. The van der Waals surface area contributed by atoms with Crippen LogP contribution in [0.5, 0.6) is 0 Å². The molecule has 0 bridgehead atoms. The Hall–Kier alpha value is -1.95. The molecule has 0 unspecified atom stereocenters. The number of nitrogens with zero attached hydrogens (tertiary/aromatic N) is 1. The van der Waals surface area contributed by atoms with E-state index in [1.54, 1.807) is 12.1 Å². The molecule has 0 aliphatic carbocycles. The van der Waals surface area contributed by atoms with Crippen LogP contribution in [0.2, 0.25) is 0 Å². The van der Waals surface area contributed by atoms with Gasteiger partial charge in [-0.3, -0.25) is 4.79 Å². The summed E-state index contributed by atoms with van der Waals surface area (Å²) in [7, 11) is 0. The summed E-state index contributed by atoms with van der Waals surface area (Å²) in [6.45, 7) is 0. The summed E-state index contributed by atoms with van der Waals surface area (Å²) in [5, 5.41) is 2.62. The number of hydrogen-bond acceptors (Lipinski definition) is 4. The van der Waals surface area contributed by atoms with Gasteiger partial charge in [0.2, 0.25) is 0 Å². The number of rotatable bonds is 2. The highest BCUT2D eigenvalue weighted by atomic mass is 79.9. The second-order valence-corrected chi connectivity index (χ2v) is 3.98. The van der Waals surface area contributed by atoms with Crippen molar-refractivity contribution in [1.82, 2.24) is 4.98 Å². The topological polar surface area (TPSA) is 72.2 Å². The van der Waals surface area contributed by atoms with E-state index in [9.17, 15) is 9.59 Å². The molecule has 2 aromatic rings. The van der Waals surface area contributed by atoms with Gasteiger partial charge in [-0.2, -0.15) is 0 Å². The van der Waals surface area contributed by atoms with Gasteiger partial charge in [-0.25, -0.2) is 9.78 Å². The Kier molecular flexibility index (Phi) is 3.34. The van der Waals surface area contributed by atoms with Gasteiger partial charge in [-0.1, -0.05) is 0 Å². The molecule has 0 saturated carbocycles. The van der Waals surface area contributed by atoms with Crippen LogP contribution >= 0.6 is 15.9 Å². The van der Waals surface area contributed by atoms with Crippen molar-refractivity contribution in [3.63, 3.8) is 0 Å². The number of halogens is 1. The Morgan fingerprint density at radius 1 is 1.29 bits per heavy atom. The summed E-state index contributed by atoms with van der Waals surface area (Å²) in [5.74, 6) is -0.363. The van der Waals surface area contributed by atoms with Gasteiger partial charge >= 0.3 is 5.63 Å². The van der Waals surface area contributed by atoms with E-state index in [1.165, 1.54) is 18.3 Å². The average Bonchev–Trinajstić information content (AvgIpc) is 2.33. The van der Waals surface area contributed by atoms with Gasteiger partial charge in [-0.15, -0.1) is 0 Å². The van der Waals surface area contributed by atoms with Gasteiger partial charge in [0.05, 0.1) is 17.4 Å². The molecule has 6 heteroatoms. The van der Waals surface area contributed by atoms with Gasteiger partial charge in [0.15, 0.2) is 0 Å². The molecule has 5 nitrogen and oxygen atoms in total. The fraction of sp³-hybridized carbons (Fsp3) is 0. The summed E-state index contributed by atoms with van der Waals surface area (Å²) >= 11 is 3.19. The summed E-state index contributed by atoms with van der Waals surface area (Å²) in [6, 6.07) is 6.00. The fourth-order valence-electron chi connectivity index (χ4n) is 1.14. The van der Waals surface area contributed by atoms with Crippen molar-refractivity contribution in [2.75, 3.05) is 5.32 Å². The van der Waals surface area contributed by atoms with E-state index < -0.39 is 5.63 Å². The number of hydrogen-bond donors (Lipinski definition) is 1. The molecule has 1 N–H and O–H groups in total. The third-order valence-corrected chi connectivity index (χ3v) is 2.42. The van der Waals surface area contributed by atoms with Crippen LogP contribution in [0, 0.1) is 0 Å². The van der Waals surface area contributed by atoms with E-state index in [0.29, 0.717) is 10.3 Å². The highest BCUT2D eigenvalue weighted by Crippen LogP contribution is 2.11. The molecule has 0 atom stereocenters. The molecule has 0 saturated heterocycles. The number of aromatic nitrogens is 1. The molecule has 2 rings (SSSR count). The fourth-order valence-corrected chi connectivity index (χ4v) is 1.37. The molecule has 86 valence electrons. The van der Waals surface area contributed by atoms with Crippen molar-refractivity contribution in [3.05, 3.63) is 57.3 Å². The van der Waals surface area contributed by atoms with E-state index in [-0.39, 0.29) is 11.5 Å². The van der Waals surface area contributed by atoms with Gasteiger partial charge in [-0.05, 0) is 34.1 Å². The lowest BCUT2D eigenvalue weighted by molar-refractivity contribution is 0.102. The number of anilines is 1. The Labute approximate surface area is 105 Å². The molecule has 2 heterocycles. The SMILES string of the molecule is O=C(Nc1ccc(Br)nc1)c1ccc(=O)oc1. The zero-order valence-electron chi connectivity index (χ0n) is 8.51. The Bertz CT molecular complexity index is 572. The van der Waals surface area contributed by atoms with Crippen molar-refractivity contribution in [2.45, 2.75) is 0 Å². The molecule has 0 spiro atoms. The predicted molar refractivity (Wildman–Crippen MR) is 64.9 cm³/mol. The summed E-state index contributed by atoms with van der Waals surface area (Å²) in [6.07, 6.45) is 2.63. The molecule has 1 amide bonds. The van der Waals surface area contributed by atoms with Crippen LogP contribution in [0.25, 0.3) is 0 Å². The maximum atomic E-state index is 11.7. The normalized spacial score (nSPS) is 9.94. The minimum Gasteiger partial charge on any atom is -0.430 e. The standard InChI is InChI=1S/C11H7BrN2O3/c12-9-3-2-8(5-13-9)14-11(16)7-1-4-10(15)17-6-7/h1-6H,(H,14,16). The molecule has 2 aromatic heterocycles. The lowest BCUT2D eigenvalue weighted by Crippen LogP contribution is -2.13. The van der Waals surface area contributed by atoms with Crippen LogP contribution in [0.1, 0.15) is 10.4 Å². The molecule has 0 fully saturated rings. The maximum absolute atomic E-state index is 11.7. The number of carbonyl (C=O) groups is 1. The molecule has 0 aromatic carbocycles. The second-order valence-electron chi connectivity index (χ2n) is 3.17. The smallest absolute Gasteiger partial charge is 0.335 e. The molecule has 17 heavy (non-hydrogen) atoms. The Morgan fingerprint density at radius 2 is 2.12 bits per heavy atom. The first kappa shape index (κ1) is 11.5. The molecular formula is C11H7BrN2O3. The van der Waals surface area contributed by atoms with Crippen LogP contribution in [-0.4, -0.2) is 10.9 Å². The van der Waals surface area contributed by atoms with E-state index in [2.05, 4.69) is 30.6 Å². The van der Waals surface area contributed by atoms with E-state index in [4.69, 9.17) is 0 Å². The lowest BCUT2D eigenvalue weighted by atomic mass is 10.3. The number of nitrogens with one attached hydrogen (secondary N) is 1. The monoisotopic (exact) mass is 294 g/mol. The van der Waals surface area contributed by atoms with Crippen molar-refractivity contribution in [3.8, 4) is 0 Å². The third-order valence-electron chi connectivity index (χ3n) is 1.95. The second kappa shape index (κ2) is 4.92. The first-order valence-electron chi connectivity index (χ1n) is 4.67. The van der Waals surface area contributed by atoms with Crippen molar-refractivity contribution in [2.24, 2.45) is 0 Å². The highest BCUT2D eigenvalue weighted by Gasteiger charge is 2.06. The molecule has 0 radical (unpaired) electrons. The van der Waals surface area contributed by atoms with Gasteiger partial charge in [0, 0.05) is 6.07 Å². The molecular weight excluding hydrogens is 288 g/mol. The van der Waals surface area contributed by atoms with Crippen molar-refractivity contribution < 1.29 is 9.21 Å². The maximum Gasteiger partial charge on any atom is 0.335 e. The predicted octanol–water partition coefficient (Wildman–Crippen LogP) is 2.05. The van der Waals surface area contributed by atoms with E-state index >= 15 is 0 Å². The summed E-state index contributed by atoms with van der Waals surface area (Å²) in [5.41, 5.74) is 0.337. The van der Waals surface area contributed by atoms with Gasteiger partial charge < -0.3 is 9.73 Å². The Balaban J connectivity index is 2.14. The number of amides is 1. The first-order valence-corrected chi connectivity index (χ1v) is 5.46. The van der Waals surface area contributed by atoms with Crippen LogP contribution in [0.3, 0.4) is 0 Å². The number of pyridine rings is 1. The largest absolute Gasteiger partial charge is 0.430 e. The Morgan fingerprint density at radius 3 is 2.71 bits per heavy atom. The number of carbonyl (C=O) groups excluding carboxylic acids is 1. The van der Waals surface area contributed by atoms with Gasteiger partial charge in [0.1, 0.15) is 10.9 Å². The van der Waals surface area contributed by atoms with Gasteiger partial charge in [0.25, 0.3) is 5.91 Å². The average molecular weight is 295 g/mol. The van der Waals surface area contributed by atoms with Crippen molar-refractivity contribution >= 4 is 27.5 Å². The zero-order valence-corrected chi connectivity index (χ0v) is 10.1. The van der Waals surface area contributed by atoms with Crippen molar-refractivity contribution in [1.29, 1.82) is 0 Å². The van der Waals surface area contributed by atoms with Crippen LogP contribution in [0.4, 0.5) is 5.69 Å². The molecule has 0 aliphatic heterocycles. The van der Waals surface area contributed by atoms with E-state index in [1.807, 2.05) is 0 Å². The first-order chi connectivity index (χ1) is 8.15. The van der Waals surface area contributed by atoms with E-state index in [0.717, 1.165) is 6.26 Å². The highest BCUT2D eigenvalue weighted by molar-refractivity contribution is 9.10. The third kappa shape index (κ3) is 3.01. The minimum absolute atomic E-state index is 0.271. The van der Waals surface area contributed by atoms with Crippen LogP contribution in [0.15, 0.2) is 50.5 Å². The lowest BCUT2D eigenvalue weighted by Gasteiger charge is -2.03. The summed E-state index contributed by atoms with van der Waals surface area (Å²) in [4.78, 5) is 26.4. The quantitative estimate of drug-likeness (QED) is 0.861. The summed E-state index contributed by atoms with van der Waals surface area (Å²) < 4.78 is 5.28. The zero-order chi connectivity index (χ0) is 12.3. The van der Waals surface area contributed by atoms with Crippen LogP contribution in [-0.2, 0) is 0 Å².